The van der Waals surface area contributed by atoms with Gasteiger partial charge in [-0.2, -0.15) is 0 Å². The first-order chi connectivity index (χ1) is 9.45. The van der Waals surface area contributed by atoms with Crippen LogP contribution in [0.15, 0.2) is 0 Å². The minimum Gasteiger partial charge on any atom is -0.481 e. The third-order valence-corrected chi connectivity index (χ3v) is 4.65. The van der Waals surface area contributed by atoms with Crippen molar-refractivity contribution in [3.8, 4) is 0 Å². The molecule has 2 rings (SSSR count). The van der Waals surface area contributed by atoms with E-state index < -0.39 is 23.8 Å². The van der Waals surface area contributed by atoms with Crippen molar-refractivity contribution in [1.82, 2.24) is 10.2 Å². The molecule has 1 heterocycles. The molecule has 1 saturated heterocycles. The molecule has 0 aromatic heterocycles. The number of amides is 2. The molecule has 2 fully saturated rings. The SMILES string of the molecule is CCC1CC(C(=O)O)C(C(=O)N2CCNC(=O)C2C)C1. The van der Waals surface area contributed by atoms with Crippen molar-refractivity contribution >= 4 is 17.8 Å². The largest absolute Gasteiger partial charge is 0.481 e. The Morgan fingerprint density at radius 2 is 2.00 bits per heavy atom. The summed E-state index contributed by atoms with van der Waals surface area (Å²) in [4.78, 5) is 37.1. The number of nitrogens with one attached hydrogen (secondary N) is 1. The summed E-state index contributed by atoms with van der Waals surface area (Å²) in [5, 5.41) is 12.0. The average Bonchev–Trinajstić information content (AvgIpc) is 2.85. The van der Waals surface area contributed by atoms with E-state index >= 15 is 0 Å². The van der Waals surface area contributed by atoms with E-state index in [1.807, 2.05) is 6.92 Å². The van der Waals surface area contributed by atoms with Crippen molar-refractivity contribution in [3.05, 3.63) is 0 Å². The highest BCUT2D eigenvalue weighted by atomic mass is 16.4. The Hall–Kier alpha value is -1.59. The molecule has 2 aliphatic rings. The van der Waals surface area contributed by atoms with Crippen LogP contribution in [0.2, 0.25) is 0 Å². The third kappa shape index (κ3) is 2.64. The minimum absolute atomic E-state index is 0.165. The molecule has 0 aromatic rings. The second-order valence-corrected chi connectivity index (χ2v) is 5.80. The van der Waals surface area contributed by atoms with E-state index in [-0.39, 0.29) is 11.8 Å². The Bertz CT molecular complexity index is 423. The van der Waals surface area contributed by atoms with Gasteiger partial charge in [-0.25, -0.2) is 0 Å². The number of nitrogens with zero attached hydrogens (tertiary/aromatic N) is 1. The second-order valence-electron chi connectivity index (χ2n) is 5.80. The van der Waals surface area contributed by atoms with Gasteiger partial charge >= 0.3 is 5.97 Å². The van der Waals surface area contributed by atoms with Gasteiger partial charge in [0.1, 0.15) is 6.04 Å². The number of carboxylic acids is 1. The number of hydrogen-bond donors (Lipinski definition) is 2. The first-order valence-corrected chi connectivity index (χ1v) is 7.26. The number of piperazine rings is 1. The predicted molar refractivity (Wildman–Crippen MR) is 71.8 cm³/mol. The molecule has 1 saturated carbocycles. The Kier molecular flexibility index (Phi) is 4.30. The van der Waals surface area contributed by atoms with Crippen LogP contribution in [0.5, 0.6) is 0 Å². The Balaban J connectivity index is 2.14. The summed E-state index contributed by atoms with van der Waals surface area (Å²) in [6.07, 6.45) is 2.08. The quantitative estimate of drug-likeness (QED) is 0.788. The van der Waals surface area contributed by atoms with Crippen LogP contribution in [0.1, 0.15) is 33.1 Å². The maximum atomic E-state index is 12.6. The highest BCUT2D eigenvalue weighted by Crippen LogP contribution is 2.39. The highest BCUT2D eigenvalue weighted by Gasteiger charge is 2.45. The summed E-state index contributed by atoms with van der Waals surface area (Å²) in [5.74, 6) is -2.03. The normalized spacial score (nSPS) is 33.9. The monoisotopic (exact) mass is 282 g/mol. The molecule has 0 bridgehead atoms. The molecule has 2 N–H and O–H groups in total. The van der Waals surface area contributed by atoms with Crippen molar-refractivity contribution in [3.63, 3.8) is 0 Å². The van der Waals surface area contributed by atoms with Crippen LogP contribution in [0.25, 0.3) is 0 Å². The summed E-state index contributed by atoms with van der Waals surface area (Å²) in [7, 11) is 0. The zero-order valence-electron chi connectivity index (χ0n) is 12.0. The molecule has 2 amide bonds. The number of carboxylic acid groups (broad SMARTS) is 1. The number of hydrogen-bond acceptors (Lipinski definition) is 3. The number of carbonyl (C=O) groups excluding carboxylic acids is 2. The van der Waals surface area contributed by atoms with E-state index in [1.54, 1.807) is 6.92 Å². The maximum absolute atomic E-state index is 12.6. The fraction of sp³-hybridized carbons (Fsp3) is 0.786. The minimum atomic E-state index is -0.895. The van der Waals surface area contributed by atoms with E-state index in [0.29, 0.717) is 31.8 Å². The molecule has 4 atom stereocenters. The van der Waals surface area contributed by atoms with E-state index in [4.69, 9.17) is 0 Å². The summed E-state index contributed by atoms with van der Waals surface area (Å²) >= 11 is 0. The molecule has 1 aliphatic heterocycles. The molecule has 4 unspecified atom stereocenters. The fourth-order valence-electron chi connectivity index (χ4n) is 3.32. The van der Waals surface area contributed by atoms with Crippen molar-refractivity contribution in [1.29, 1.82) is 0 Å². The lowest BCUT2D eigenvalue weighted by Crippen LogP contribution is -2.57. The molecular weight excluding hydrogens is 260 g/mol. The molecule has 0 aromatic carbocycles. The summed E-state index contributed by atoms with van der Waals surface area (Å²) < 4.78 is 0. The van der Waals surface area contributed by atoms with Crippen molar-refractivity contribution in [2.75, 3.05) is 13.1 Å². The molecular formula is C14H22N2O4. The van der Waals surface area contributed by atoms with Crippen molar-refractivity contribution in [2.45, 2.75) is 39.2 Å². The van der Waals surface area contributed by atoms with E-state index in [0.717, 1.165) is 6.42 Å². The van der Waals surface area contributed by atoms with Gasteiger partial charge in [0, 0.05) is 13.1 Å². The lowest BCUT2D eigenvalue weighted by atomic mass is 9.94. The average molecular weight is 282 g/mol. The lowest BCUT2D eigenvalue weighted by Gasteiger charge is -2.35. The first-order valence-electron chi connectivity index (χ1n) is 7.26. The first kappa shape index (κ1) is 14.8. The lowest BCUT2D eigenvalue weighted by molar-refractivity contribution is -0.152. The number of aliphatic carboxylic acids is 1. The van der Waals surface area contributed by atoms with Gasteiger partial charge in [-0.05, 0) is 25.7 Å². The van der Waals surface area contributed by atoms with Gasteiger partial charge in [-0.3, -0.25) is 14.4 Å². The van der Waals surface area contributed by atoms with Gasteiger partial charge in [0.15, 0.2) is 0 Å². The van der Waals surface area contributed by atoms with Crippen LogP contribution >= 0.6 is 0 Å². The molecule has 20 heavy (non-hydrogen) atoms. The second kappa shape index (κ2) is 5.81. The number of rotatable bonds is 3. The molecule has 112 valence electrons. The van der Waals surface area contributed by atoms with Gasteiger partial charge in [0.2, 0.25) is 11.8 Å². The van der Waals surface area contributed by atoms with E-state index in [2.05, 4.69) is 5.32 Å². The zero-order valence-corrected chi connectivity index (χ0v) is 12.0. The Labute approximate surface area is 118 Å². The summed E-state index contributed by atoms with van der Waals surface area (Å²) in [6, 6.07) is -0.508. The van der Waals surface area contributed by atoms with Gasteiger partial charge in [-0.1, -0.05) is 13.3 Å². The van der Waals surface area contributed by atoms with Crippen LogP contribution in [0.3, 0.4) is 0 Å². The number of carbonyl (C=O) groups is 3. The fourth-order valence-corrected chi connectivity index (χ4v) is 3.32. The van der Waals surface area contributed by atoms with Crippen LogP contribution in [0.4, 0.5) is 0 Å². The Morgan fingerprint density at radius 1 is 1.35 bits per heavy atom. The smallest absolute Gasteiger partial charge is 0.307 e. The molecule has 6 nitrogen and oxygen atoms in total. The zero-order chi connectivity index (χ0) is 14.9. The van der Waals surface area contributed by atoms with Crippen molar-refractivity contribution in [2.24, 2.45) is 17.8 Å². The van der Waals surface area contributed by atoms with Crippen LogP contribution in [-0.2, 0) is 14.4 Å². The van der Waals surface area contributed by atoms with Crippen LogP contribution in [-0.4, -0.2) is 46.9 Å². The standard InChI is InChI=1S/C14H22N2O4/c1-3-9-6-10(11(7-9)14(19)20)13(18)16-5-4-15-12(17)8(16)2/h8-11H,3-7H2,1-2H3,(H,15,17)(H,19,20). The highest BCUT2D eigenvalue weighted by molar-refractivity contribution is 5.91. The molecule has 6 heteroatoms. The Morgan fingerprint density at radius 3 is 2.60 bits per heavy atom. The summed E-state index contributed by atoms with van der Waals surface area (Å²) in [5.41, 5.74) is 0. The van der Waals surface area contributed by atoms with Crippen molar-refractivity contribution < 1.29 is 19.5 Å². The van der Waals surface area contributed by atoms with E-state index in [9.17, 15) is 19.5 Å². The molecule has 0 spiro atoms. The van der Waals surface area contributed by atoms with Gasteiger partial charge < -0.3 is 15.3 Å². The summed E-state index contributed by atoms with van der Waals surface area (Å²) in [6.45, 7) is 4.61. The maximum Gasteiger partial charge on any atom is 0.307 e. The topological polar surface area (TPSA) is 86.7 Å². The molecule has 0 radical (unpaired) electrons. The molecule has 1 aliphatic carbocycles. The third-order valence-electron chi connectivity index (χ3n) is 4.65. The van der Waals surface area contributed by atoms with Crippen LogP contribution in [0, 0.1) is 17.8 Å². The van der Waals surface area contributed by atoms with Gasteiger partial charge in [0.05, 0.1) is 11.8 Å². The van der Waals surface area contributed by atoms with Crippen LogP contribution < -0.4 is 5.32 Å². The van der Waals surface area contributed by atoms with Gasteiger partial charge in [-0.15, -0.1) is 0 Å². The predicted octanol–water partition coefficient (Wildman–Crippen LogP) is 0.470. The van der Waals surface area contributed by atoms with E-state index in [1.165, 1.54) is 4.90 Å². The van der Waals surface area contributed by atoms with Gasteiger partial charge in [0.25, 0.3) is 0 Å².